The van der Waals surface area contributed by atoms with Gasteiger partial charge in [-0.25, -0.2) is 0 Å². The van der Waals surface area contributed by atoms with E-state index in [0.29, 0.717) is 0 Å². The highest BCUT2D eigenvalue weighted by Gasteiger charge is 2.14. The number of amides is 1. The Morgan fingerprint density at radius 3 is 2.20 bits per heavy atom. The van der Waals surface area contributed by atoms with Gasteiger partial charge < -0.3 is 16.0 Å². The number of aryl methyl sites for hydroxylation is 1. The van der Waals surface area contributed by atoms with Crippen LogP contribution in [0.1, 0.15) is 5.56 Å². The van der Waals surface area contributed by atoms with E-state index in [9.17, 15) is 4.79 Å². The van der Waals surface area contributed by atoms with Crippen molar-refractivity contribution in [3.63, 3.8) is 0 Å². The van der Waals surface area contributed by atoms with E-state index in [-0.39, 0.29) is 18.4 Å². The van der Waals surface area contributed by atoms with E-state index >= 15 is 0 Å². The first-order chi connectivity index (χ1) is 12.0. The van der Waals surface area contributed by atoms with E-state index < -0.39 is 0 Å². The highest BCUT2D eigenvalue weighted by atomic mass is 16.1. The van der Waals surface area contributed by atoms with Gasteiger partial charge in [-0.1, -0.05) is 54.1 Å². The molecule has 5 heteroatoms. The lowest BCUT2D eigenvalue weighted by molar-refractivity contribution is -0.118. The van der Waals surface area contributed by atoms with Crippen LogP contribution in [-0.4, -0.2) is 16.4 Å². The van der Waals surface area contributed by atoms with Crippen LogP contribution in [0.3, 0.4) is 0 Å². The maximum absolute atomic E-state index is 12.2. The zero-order valence-corrected chi connectivity index (χ0v) is 14.0. The molecule has 126 valence electrons. The van der Waals surface area contributed by atoms with Crippen molar-refractivity contribution in [3.05, 3.63) is 72.3 Å². The Morgan fingerprint density at radius 1 is 0.920 bits per heavy atom. The maximum atomic E-state index is 12.2. The van der Waals surface area contributed by atoms with Crippen molar-refractivity contribution in [2.75, 3.05) is 0 Å². The summed E-state index contributed by atoms with van der Waals surface area (Å²) in [4.78, 5) is 15.8. The summed E-state index contributed by atoms with van der Waals surface area (Å²) in [6, 6.07) is 22.1. The normalized spacial score (nSPS) is 10.4. The van der Waals surface area contributed by atoms with Gasteiger partial charge in [0.05, 0.1) is 0 Å². The number of aromatic nitrogens is 1. The number of guanidine groups is 1. The van der Waals surface area contributed by atoms with Crippen LogP contribution in [0.2, 0.25) is 0 Å². The van der Waals surface area contributed by atoms with Crippen molar-refractivity contribution < 1.29 is 4.79 Å². The third-order valence-corrected chi connectivity index (χ3v) is 3.91. The lowest BCUT2D eigenvalue weighted by Gasteiger charge is -2.13. The molecule has 2 aromatic carbocycles. The third kappa shape index (κ3) is 3.77. The molecule has 1 aromatic heterocycles. The van der Waals surface area contributed by atoms with E-state index in [1.807, 2.05) is 72.2 Å². The van der Waals surface area contributed by atoms with Crippen LogP contribution in [0.25, 0.3) is 22.5 Å². The molecule has 0 aliphatic carbocycles. The first kappa shape index (κ1) is 16.5. The van der Waals surface area contributed by atoms with Gasteiger partial charge in [-0.3, -0.25) is 4.79 Å². The van der Waals surface area contributed by atoms with Gasteiger partial charge in [0.2, 0.25) is 0 Å². The number of carbonyl (C=O) groups excluding carboxylic acids is 1. The summed E-state index contributed by atoms with van der Waals surface area (Å²) in [7, 11) is 0. The van der Waals surface area contributed by atoms with Crippen molar-refractivity contribution in [3.8, 4) is 22.5 Å². The average Bonchev–Trinajstić information content (AvgIpc) is 2.98. The predicted molar refractivity (Wildman–Crippen MR) is 101 cm³/mol. The van der Waals surface area contributed by atoms with Crippen LogP contribution >= 0.6 is 0 Å². The monoisotopic (exact) mass is 332 g/mol. The second-order valence-corrected chi connectivity index (χ2v) is 5.86. The van der Waals surface area contributed by atoms with E-state index in [4.69, 9.17) is 11.5 Å². The molecule has 0 aliphatic heterocycles. The number of nitrogens with two attached hydrogens (primary N) is 2. The number of hydrogen-bond donors (Lipinski definition) is 2. The maximum Gasteiger partial charge on any atom is 0.268 e. The summed E-state index contributed by atoms with van der Waals surface area (Å²) in [5.41, 5.74) is 15.8. The molecule has 1 amide bonds. The van der Waals surface area contributed by atoms with Crippen molar-refractivity contribution in [1.29, 1.82) is 0 Å². The molecule has 0 fully saturated rings. The number of nitrogens with zero attached hydrogens (tertiary/aromatic N) is 2. The van der Waals surface area contributed by atoms with Gasteiger partial charge in [-0.05, 0) is 36.2 Å². The summed E-state index contributed by atoms with van der Waals surface area (Å²) in [6.45, 7) is 2.11. The number of benzene rings is 2. The van der Waals surface area contributed by atoms with E-state index in [1.165, 1.54) is 0 Å². The summed E-state index contributed by atoms with van der Waals surface area (Å²) in [6.07, 6.45) is 0. The standard InChI is InChI=1S/C20H20N4O/c1-14-6-5-9-16(12-14)18-11-10-17(15-7-3-2-4-8-15)24(18)13-19(25)23-20(21)22/h2-12H,13H2,1H3,(H4,21,22,23,25). The van der Waals surface area contributed by atoms with Crippen molar-refractivity contribution in [2.45, 2.75) is 13.5 Å². The first-order valence-corrected chi connectivity index (χ1v) is 7.99. The zero-order chi connectivity index (χ0) is 17.8. The lowest BCUT2D eigenvalue weighted by atomic mass is 10.1. The molecule has 4 N–H and O–H groups in total. The fourth-order valence-corrected chi connectivity index (χ4v) is 2.87. The van der Waals surface area contributed by atoms with Gasteiger partial charge in [-0.2, -0.15) is 4.99 Å². The highest BCUT2D eigenvalue weighted by Crippen LogP contribution is 2.29. The smallest absolute Gasteiger partial charge is 0.268 e. The Morgan fingerprint density at radius 2 is 1.56 bits per heavy atom. The van der Waals surface area contributed by atoms with Gasteiger partial charge >= 0.3 is 0 Å². The van der Waals surface area contributed by atoms with Gasteiger partial charge in [0.1, 0.15) is 6.54 Å². The third-order valence-electron chi connectivity index (χ3n) is 3.91. The van der Waals surface area contributed by atoms with Crippen LogP contribution < -0.4 is 11.5 Å². The fourth-order valence-electron chi connectivity index (χ4n) is 2.87. The molecule has 0 saturated heterocycles. The Kier molecular flexibility index (Phi) is 4.66. The predicted octanol–water partition coefficient (Wildman–Crippen LogP) is 2.93. The fraction of sp³-hybridized carbons (Fsp3) is 0.100. The van der Waals surface area contributed by atoms with Crippen molar-refractivity contribution in [2.24, 2.45) is 16.5 Å². The molecule has 0 bridgehead atoms. The summed E-state index contributed by atoms with van der Waals surface area (Å²) < 4.78 is 1.94. The van der Waals surface area contributed by atoms with Gasteiger partial charge in [0.25, 0.3) is 5.91 Å². The van der Waals surface area contributed by atoms with Crippen LogP contribution in [0.4, 0.5) is 0 Å². The highest BCUT2D eigenvalue weighted by molar-refractivity contribution is 5.92. The molecule has 0 saturated carbocycles. The Balaban J connectivity index is 2.11. The molecular formula is C20H20N4O. The van der Waals surface area contributed by atoms with Crippen LogP contribution in [0.5, 0.6) is 0 Å². The first-order valence-electron chi connectivity index (χ1n) is 7.99. The van der Waals surface area contributed by atoms with Crippen molar-refractivity contribution in [1.82, 2.24) is 4.57 Å². The minimum Gasteiger partial charge on any atom is -0.370 e. The largest absolute Gasteiger partial charge is 0.370 e. The topological polar surface area (TPSA) is 86.4 Å². The molecule has 3 rings (SSSR count). The minimum atomic E-state index is -0.387. The quantitative estimate of drug-likeness (QED) is 0.569. The van der Waals surface area contributed by atoms with Crippen LogP contribution in [0.15, 0.2) is 71.7 Å². The molecule has 25 heavy (non-hydrogen) atoms. The van der Waals surface area contributed by atoms with Gasteiger partial charge in [0, 0.05) is 11.4 Å². The zero-order valence-electron chi connectivity index (χ0n) is 14.0. The van der Waals surface area contributed by atoms with Gasteiger partial charge in [0.15, 0.2) is 5.96 Å². The van der Waals surface area contributed by atoms with Crippen molar-refractivity contribution >= 4 is 11.9 Å². The molecular weight excluding hydrogens is 312 g/mol. The van der Waals surface area contributed by atoms with Crippen LogP contribution in [-0.2, 0) is 11.3 Å². The number of hydrogen-bond acceptors (Lipinski definition) is 1. The SMILES string of the molecule is Cc1cccc(-c2ccc(-c3ccccc3)n2CC(=O)N=C(N)N)c1. The second kappa shape index (κ2) is 7.05. The molecule has 1 heterocycles. The Labute approximate surface area is 146 Å². The lowest BCUT2D eigenvalue weighted by Crippen LogP contribution is -2.25. The van der Waals surface area contributed by atoms with Crippen LogP contribution in [0, 0.1) is 6.92 Å². The van der Waals surface area contributed by atoms with E-state index in [2.05, 4.69) is 11.1 Å². The number of rotatable bonds is 4. The second-order valence-electron chi connectivity index (χ2n) is 5.86. The molecule has 0 radical (unpaired) electrons. The van der Waals surface area contributed by atoms with Gasteiger partial charge in [-0.15, -0.1) is 0 Å². The Hall–Kier alpha value is -3.34. The summed E-state index contributed by atoms with van der Waals surface area (Å²) in [5, 5.41) is 0. The summed E-state index contributed by atoms with van der Waals surface area (Å²) in [5.74, 6) is -0.613. The number of aliphatic imine (C=N–C) groups is 1. The molecule has 0 unspecified atom stereocenters. The minimum absolute atomic E-state index is 0.0679. The number of carbonyl (C=O) groups is 1. The van der Waals surface area contributed by atoms with E-state index in [1.54, 1.807) is 0 Å². The molecule has 0 spiro atoms. The molecule has 0 atom stereocenters. The average molecular weight is 332 g/mol. The Bertz CT molecular complexity index is 922. The van der Waals surface area contributed by atoms with E-state index in [0.717, 1.165) is 28.1 Å². The molecule has 3 aromatic rings. The molecule has 0 aliphatic rings. The molecule has 5 nitrogen and oxygen atoms in total. The summed E-state index contributed by atoms with van der Waals surface area (Å²) >= 11 is 0.